The summed E-state index contributed by atoms with van der Waals surface area (Å²) in [6, 6.07) is 15.0. The summed E-state index contributed by atoms with van der Waals surface area (Å²) in [5, 5.41) is 2.99. The van der Waals surface area contributed by atoms with Crippen LogP contribution >= 0.6 is 0 Å². The highest BCUT2D eigenvalue weighted by Crippen LogP contribution is 2.20. The van der Waals surface area contributed by atoms with E-state index in [-0.39, 0.29) is 17.8 Å². The Kier molecular flexibility index (Phi) is 6.45. The summed E-state index contributed by atoms with van der Waals surface area (Å²) in [6.07, 6.45) is 0.919. The quantitative estimate of drug-likeness (QED) is 0.844. The molecule has 1 heterocycles. The van der Waals surface area contributed by atoms with Crippen LogP contribution < -0.4 is 10.2 Å². The van der Waals surface area contributed by atoms with Crippen molar-refractivity contribution in [2.75, 3.05) is 31.1 Å². The highest BCUT2D eigenvalue weighted by molar-refractivity contribution is 5.94. The van der Waals surface area contributed by atoms with E-state index in [2.05, 4.69) is 22.0 Å². The zero-order valence-electron chi connectivity index (χ0n) is 16.1. The summed E-state index contributed by atoms with van der Waals surface area (Å²) in [6.45, 7) is 8.33. The van der Waals surface area contributed by atoms with Crippen LogP contribution in [0.2, 0.25) is 0 Å². The molecule has 0 spiro atoms. The lowest BCUT2D eigenvalue weighted by Gasteiger charge is -2.36. The van der Waals surface area contributed by atoms with Gasteiger partial charge in [0.1, 0.15) is 5.82 Å². The van der Waals surface area contributed by atoms with Crippen molar-refractivity contribution >= 4 is 11.6 Å². The molecule has 1 aliphatic rings. The van der Waals surface area contributed by atoms with Crippen LogP contribution in [0.4, 0.5) is 10.1 Å². The third-order valence-corrected chi connectivity index (χ3v) is 5.18. The normalized spacial score (nSPS) is 16.2. The average molecular weight is 369 g/mol. The third-order valence-electron chi connectivity index (χ3n) is 5.18. The Hall–Kier alpha value is -2.40. The van der Waals surface area contributed by atoms with Crippen molar-refractivity contribution < 1.29 is 9.18 Å². The zero-order valence-corrected chi connectivity index (χ0v) is 16.1. The molecule has 0 bridgehead atoms. The van der Waals surface area contributed by atoms with E-state index < -0.39 is 0 Å². The average Bonchev–Trinajstić information content (AvgIpc) is 2.69. The second kappa shape index (κ2) is 9.00. The SMILES string of the molecule is CC[C@H](C)NC(=O)c1ccc(CN2CCN(c3ccccc3F)CC2)cc1. The number of para-hydroxylation sites is 1. The smallest absolute Gasteiger partial charge is 0.251 e. The summed E-state index contributed by atoms with van der Waals surface area (Å²) in [5.74, 6) is -0.174. The van der Waals surface area contributed by atoms with Gasteiger partial charge in [-0.05, 0) is 43.2 Å². The molecule has 5 heteroatoms. The molecule has 0 radical (unpaired) electrons. The lowest BCUT2D eigenvalue weighted by atomic mass is 10.1. The van der Waals surface area contributed by atoms with Gasteiger partial charge in [0, 0.05) is 44.3 Å². The van der Waals surface area contributed by atoms with E-state index in [4.69, 9.17) is 0 Å². The molecule has 4 nitrogen and oxygen atoms in total. The molecule has 3 rings (SSSR count). The molecular formula is C22H28FN3O. The van der Waals surface area contributed by atoms with Gasteiger partial charge in [0.15, 0.2) is 0 Å². The maximum atomic E-state index is 13.9. The minimum absolute atomic E-state index is 0.0191. The molecule has 27 heavy (non-hydrogen) atoms. The molecule has 0 unspecified atom stereocenters. The monoisotopic (exact) mass is 369 g/mol. The summed E-state index contributed by atoms with van der Waals surface area (Å²) < 4.78 is 13.9. The Morgan fingerprint density at radius 2 is 1.74 bits per heavy atom. The molecular weight excluding hydrogens is 341 g/mol. The van der Waals surface area contributed by atoms with Crippen molar-refractivity contribution in [3.8, 4) is 0 Å². The van der Waals surface area contributed by atoms with Gasteiger partial charge in [-0.15, -0.1) is 0 Å². The first-order valence-corrected chi connectivity index (χ1v) is 9.68. The zero-order chi connectivity index (χ0) is 19.2. The molecule has 1 aliphatic heterocycles. The molecule has 2 aromatic carbocycles. The Labute approximate surface area is 161 Å². The number of hydrogen-bond donors (Lipinski definition) is 1. The maximum absolute atomic E-state index is 13.9. The Bertz CT molecular complexity index is 754. The predicted octanol–water partition coefficient (Wildman–Crippen LogP) is 3.68. The van der Waals surface area contributed by atoms with Crippen LogP contribution in [0.5, 0.6) is 0 Å². The number of amides is 1. The summed E-state index contributed by atoms with van der Waals surface area (Å²) in [7, 11) is 0. The van der Waals surface area contributed by atoms with Crippen LogP contribution in [0.1, 0.15) is 36.2 Å². The molecule has 1 atom stereocenters. The number of halogens is 1. The Balaban J connectivity index is 1.52. The number of hydrogen-bond acceptors (Lipinski definition) is 3. The van der Waals surface area contributed by atoms with Gasteiger partial charge in [-0.1, -0.05) is 31.2 Å². The predicted molar refractivity (Wildman–Crippen MR) is 108 cm³/mol. The summed E-state index contributed by atoms with van der Waals surface area (Å²) in [5.41, 5.74) is 2.58. The van der Waals surface area contributed by atoms with Crippen LogP contribution in [0, 0.1) is 5.82 Å². The summed E-state index contributed by atoms with van der Waals surface area (Å²) in [4.78, 5) is 16.6. The van der Waals surface area contributed by atoms with Gasteiger partial charge in [0.25, 0.3) is 5.91 Å². The molecule has 144 valence electrons. The number of carbonyl (C=O) groups is 1. The molecule has 0 saturated carbocycles. The molecule has 1 fully saturated rings. The van der Waals surface area contributed by atoms with Gasteiger partial charge in [-0.2, -0.15) is 0 Å². The van der Waals surface area contributed by atoms with Crippen molar-refractivity contribution in [3.63, 3.8) is 0 Å². The minimum Gasteiger partial charge on any atom is -0.367 e. The number of anilines is 1. The second-order valence-electron chi connectivity index (χ2n) is 7.19. The van der Waals surface area contributed by atoms with Crippen molar-refractivity contribution in [1.29, 1.82) is 0 Å². The highest BCUT2D eigenvalue weighted by atomic mass is 19.1. The van der Waals surface area contributed by atoms with E-state index in [0.717, 1.165) is 39.1 Å². The number of nitrogens with zero attached hydrogens (tertiary/aromatic N) is 2. The fourth-order valence-electron chi connectivity index (χ4n) is 3.28. The number of rotatable bonds is 6. The van der Waals surface area contributed by atoms with E-state index >= 15 is 0 Å². The van der Waals surface area contributed by atoms with Gasteiger partial charge < -0.3 is 10.2 Å². The second-order valence-corrected chi connectivity index (χ2v) is 7.19. The number of carbonyl (C=O) groups excluding carboxylic acids is 1. The van der Waals surface area contributed by atoms with E-state index in [0.29, 0.717) is 11.3 Å². The van der Waals surface area contributed by atoms with Crippen molar-refractivity contribution in [2.45, 2.75) is 32.9 Å². The molecule has 1 amide bonds. The fourth-order valence-corrected chi connectivity index (χ4v) is 3.28. The molecule has 2 aromatic rings. The third kappa shape index (κ3) is 5.07. The van der Waals surface area contributed by atoms with Gasteiger partial charge in [0.2, 0.25) is 0 Å². The van der Waals surface area contributed by atoms with Gasteiger partial charge in [-0.25, -0.2) is 4.39 Å². The van der Waals surface area contributed by atoms with E-state index in [1.54, 1.807) is 6.07 Å². The van der Waals surface area contributed by atoms with Crippen LogP contribution in [0.15, 0.2) is 48.5 Å². The summed E-state index contributed by atoms with van der Waals surface area (Å²) >= 11 is 0. The van der Waals surface area contributed by atoms with Gasteiger partial charge in [0.05, 0.1) is 5.69 Å². The fraction of sp³-hybridized carbons (Fsp3) is 0.409. The molecule has 0 aromatic heterocycles. The van der Waals surface area contributed by atoms with Crippen LogP contribution in [0.3, 0.4) is 0 Å². The highest BCUT2D eigenvalue weighted by Gasteiger charge is 2.19. The Morgan fingerprint density at radius 3 is 2.37 bits per heavy atom. The first kappa shape index (κ1) is 19.4. The van der Waals surface area contributed by atoms with Gasteiger partial charge in [-0.3, -0.25) is 9.69 Å². The van der Waals surface area contributed by atoms with Crippen molar-refractivity contribution in [1.82, 2.24) is 10.2 Å². The molecule has 1 N–H and O–H groups in total. The van der Waals surface area contributed by atoms with E-state index in [1.165, 1.54) is 11.6 Å². The van der Waals surface area contributed by atoms with Crippen LogP contribution in [-0.2, 0) is 6.54 Å². The topological polar surface area (TPSA) is 35.6 Å². The van der Waals surface area contributed by atoms with Gasteiger partial charge >= 0.3 is 0 Å². The number of nitrogens with one attached hydrogen (secondary N) is 1. The lowest BCUT2D eigenvalue weighted by Crippen LogP contribution is -2.46. The van der Waals surface area contributed by atoms with Crippen molar-refractivity contribution in [2.24, 2.45) is 0 Å². The minimum atomic E-state index is -0.155. The number of piperazine rings is 1. The lowest BCUT2D eigenvalue weighted by molar-refractivity contribution is 0.0939. The van der Waals surface area contributed by atoms with E-state index in [9.17, 15) is 9.18 Å². The Morgan fingerprint density at radius 1 is 1.07 bits per heavy atom. The largest absolute Gasteiger partial charge is 0.367 e. The first-order chi connectivity index (χ1) is 13.1. The molecule has 0 aliphatic carbocycles. The van der Waals surface area contributed by atoms with Crippen LogP contribution in [-0.4, -0.2) is 43.0 Å². The first-order valence-electron chi connectivity index (χ1n) is 9.68. The van der Waals surface area contributed by atoms with Crippen molar-refractivity contribution in [3.05, 3.63) is 65.5 Å². The molecule has 1 saturated heterocycles. The van der Waals surface area contributed by atoms with Crippen LogP contribution in [0.25, 0.3) is 0 Å². The standard InChI is InChI=1S/C22H28FN3O/c1-3-17(2)24-22(27)19-10-8-18(9-11-19)16-25-12-14-26(15-13-25)21-7-5-4-6-20(21)23/h4-11,17H,3,12-16H2,1-2H3,(H,24,27)/t17-/m0/s1. The van der Waals surface area contributed by atoms with E-state index in [1.807, 2.05) is 43.3 Å². The maximum Gasteiger partial charge on any atom is 0.251 e. The number of benzene rings is 2.